The number of pyridine rings is 1. The first-order valence-electron chi connectivity index (χ1n) is 10.8. The number of hydrogen-bond acceptors (Lipinski definition) is 4. The molecule has 2 aromatic rings. The minimum atomic E-state index is -0.243. The van der Waals surface area contributed by atoms with Crippen LogP contribution in [-0.2, 0) is 11.3 Å². The number of rotatable bonds is 6. The number of aromatic nitrogens is 1. The molecule has 0 spiro atoms. The molecule has 4 rings (SSSR count). The van der Waals surface area contributed by atoms with E-state index < -0.39 is 0 Å². The molecule has 0 aliphatic carbocycles. The van der Waals surface area contributed by atoms with Gasteiger partial charge in [-0.05, 0) is 42.9 Å². The Balaban J connectivity index is 1.43. The van der Waals surface area contributed by atoms with Crippen LogP contribution in [0, 0.1) is 23.6 Å². The zero-order valence-electron chi connectivity index (χ0n) is 17.5. The van der Waals surface area contributed by atoms with Crippen molar-refractivity contribution in [1.82, 2.24) is 14.8 Å². The third-order valence-electron chi connectivity index (χ3n) is 6.62. The maximum atomic E-state index is 14.1. The van der Waals surface area contributed by atoms with Gasteiger partial charge in [0.15, 0.2) is 0 Å². The van der Waals surface area contributed by atoms with Crippen molar-refractivity contribution in [2.75, 3.05) is 32.8 Å². The number of para-hydroxylation sites is 1. The van der Waals surface area contributed by atoms with E-state index in [9.17, 15) is 9.18 Å². The molecule has 2 aliphatic rings. The van der Waals surface area contributed by atoms with Crippen LogP contribution in [0.2, 0.25) is 0 Å². The van der Waals surface area contributed by atoms with Crippen molar-refractivity contribution in [3.63, 3.8) is 0 Å². The molecule has 1 aromatic heterocycles. The Labute approximate surface area is 177 Å². The minimum absolute atomic E-state index is 0.165. The number of halogens is 1. The summed E-state index contributed by atoms with van der Waals surface area (Å²) in [6.07, 6.45) is 5.00. The van der Waals surface area contributed by atoms with Crippen LogP contribution in [0.4, 0.5) is 4.39 Å². The predicted octanol–water partition coefficient (Wildman–Crippen LogP) is 3.61. The van der Waals surface area contributed by atoms with Gasteiger partial charge in [-0.1, -0.05) is 18.2 Å². The summed E-state index contributed by atoms with van der Waals surface area (Å²) in [7, 11) is 0. The van der Waals surface area contributed by atoms with E-state index in [4.69, 9.17) is 4.74 Å². The summed E-state index contributed by atoms with van der Waals surface area (Å²) in [5.74, 6) is 2.27. The van der Waals surface area contributed by atoms with Crippen LogP contribution in [0.1, 0.15) is 25.3 Å². The van der Waals surface area contributed by atoms with Crippen molar-refractivity contribution >= 4 is 5.91 Å². The lowest BCUT2D eigenvalue weighted by Gasteiger charge is -2.36. The van der Waals surface area contributed by atoms with E-state index in [0.717, 1.165) is 44.8 Å². The zero-order valence-corrected chi connectivity index (χ0v) is 17.5. The molecule has 0 bridgehead atoms. The van der Waals surface area contributed by atoms with E-state index in [0.29, 0.717) is 36.5 Å². The molecule has 2 aliphatic heterocycles. The van der Waals surface area contributed by atoms with Crippen LogP contribution in [0.15, 0.2) is 48.8 Å². The monoisotopic (exact) mass is 411 g/mol. The van der Waals surface area contributed by atoms with Gasteiger partial charge in [0, 0.05) is 57.3 Å². The van der Waals surface area contributed by atoms with E-state index in [-0.39, 0.29) is 11.7 Å². The van der Waals surface area contributed by atoms with Gasteiger partial charge in [0.2, 0.25) is 5.91 Å². The average Bonchev–Trinajstić information content (AvgIpc) is 3.17. The van der Waals surface area contributed by atoms with Crippen LogP contribution < -0.4 is 4.74 Å². The van der Waals surface area contributed by atoms with E-state index in [1.807, 2.05) is 35.2 Å². The molecule has 0 saturated carbocycles. The van der Waals surface area contributed by atoms with Crippen LogP contribution in [-0.4, -0.2) is 53.5 Å². The minimum Gasteiger partial charge on any atom is -0.493 e. The zero-order chi connectivity index (χ0) is 20.9. The van der Waals surface area contributed by atoms with E-state index in [2.05, 4.69) is 9.88 Å². The molecule has 2 atom stereocenters. The highest BCUT2D eigenvalue weighted by molar-refractivity contribution is 5.73. The summed E-state index contributed by atoms with van der Waals surface area (Å²) in [5.41, 5.74) is 0.694. The second-order valence-corrected chi connectivity index (χ2v) is 8.55. The third kappa shape index (κ3) is 4.98. The number of nitrogens with zero attached hydrogens (tertiary/aromatic N) is 3. The Hall–Kier alpha value is -2.47. The van der Waals surface area contributed by atoms with E-state index in [1.54, 1.807) is 19.2 Å². The number of ether oxygens (including phenoxy) is 1. The summed E-state index contributed by atoms with van der Waals surface area (Å²) >= 11 is 0. The third-order valence-corrected chi connectivity index (χ3v) is 6.62. The first-order valence-corrected chi connectivity index (χ1v) is 10.8. The first-order chi connectivity index (χ1) is 14.6. The highest BCUT2D eigenvalue weighted by Crippen LogP contribution is 2.37. The number of carbonyl (C=O) groups excluding carboxylic acids is 1. The molecule has 30 heavy (non-hydrogen) atoms. The molecule has 1 aromatic carbocycles. The van der Waals surface area contributed by atoms with Crippen LogP contribution >= 0.6 is 0 Å². The first kappa shape index (κ1) is 20.8. The van der Waals surface area contributed by atoms with Crippen molar-refractivity contribution in [3.05, 3.63) is 60.2 Å². The number of carbonyl (C=O) groups is 1. The van der Waals surface area contributed by atoms with Crippen LogP contribution in [0.3, 0.4) is 0 Å². The fraction of sp³-hybridized carbons (Fsp3) is 0.500. The van der Waals surface area contributed by atoms with Gasteiger partial charge in [0.25, 0.3) is 0 Å². The SMILES string of the molecule is CC(=O)N1CCC([C@@H]2CN(Cc3ccncc3F)C[C@H]2COc2ccccc2)CC1. The van der Waals surface area contributed by atoms with Gasteiger partial charge in [-0.2, -0.15) is 0 Å². The number of hydrogen-bond donors (Lipinski definition) is 0. The number of piperidine rings is 1. The average molecular weight is 412 g/mol. The Morgan fingerprint density at radius 1 is 1.17 bits per heavy atom. The van der Waals surface area contributed by atoms with Gasteiger partial charge >= 0.3 is 0 Å². The summed E-state index contributed by atoms with van der Waals surface area (Å²) in [6, 6.07) is 11.7. The molecule has 0 unspecified atom stereocenters. The van der Waals surface area contributed by atoms with Crippen molar-refractivity contribution in [3.8, 4) is 5.75 Å². The van der Waals surface area contributed by atoms with Crippen LogP contribution in [0.25, 0.3) is 0 Å². The van der Waals surface area contributed by atoms with Crippen molar-refractivity contribution < 1.29 is 13.9 Å². The highest BCUT2D eigenvalue weighted by atomic mass is 19.1. The molecule has 6 heteroatoms. The standard InChI is InChI=1S/C24H30FN3O2/c1-18(29)28-11-8-19(9-12-28)23-16-27(14-20-7-10-26-13-24(20)25)15-21(23)17-30-22-5-3-2-4-6-22/h2-7,10,13,19,21,23H,8-9,11-12,14-17H2,1H3/t21-,23-/m0/s1. The quantitative estimate of drug-likeness (QED) is 0.729. The largest absolute Gasteiger partial charge is 0.493 e. The molecule has 160 valence electrons. The molecule has 1 amide bonds. The molecule has 2 saturated heterocycles. The lowest BCUT2D eigenvalue weighted by atomic mass is 9.78. The van der Waals surface area contributed by atoms with Gasteiger partial charge in [-0.25, -0.2) is 4.39 Å². The van der Waals surface area contributed by atoms with Crippen molar-refractivity contribution in [2.45, 2.75) is 26.3 Å². The molecule has 2 fully saturated rings. The van der Waals surface area contributed by atoms with Gasteiger partial charge < -0.3 is 9.64 Å². The second-order valence-electron chi connectivity index (χ2n) is 8.55. The van der Waals surface area contributed by atoms with Gasteiger partial charge in [-0.15, -0.1) is 0 Å². The number of likely N-dealkylation sites (tertiary alicyclic amines) is 2. The normalized spacial score (nSPS) is 22.9. The fourth-order valence-electron chi connectivity index (χ4n) is 4.96. The fourth-order valence-corrected chi connectivity index (χ4v) is 4.96. The molecule has 5 nitrogen and oxygen atoms in total. The summed E-state index contributed by atoms with van der Waals surface area (Å²) in [6.45, 7) is 6.41. The maximum absolute atomic E-state index is 14.1. The molecule has 0 radical (unpaired) electrons. The van der Waals surface area contributed by atoms with Crippen molar-refractivity contribution in [2.24, 2.45) is 17.8 Å². The Bertz CT molecular complexity index is 839. The lowest BCUT2D eigenvalue weighted by molar-refractivity contribution is -0.130. The van der Waals surface area contributed by atoms with Gasteiger partial charge in [0.05, 0.1) is 12.8 Å². The second kappa shape index (κ2) is 9.56. The number of amides is 1. The summed E-state index contributed by atoms with van der Waals surface area (Å²) in [5, 5.41) is 0. The Kier molecular flexibility index (Phi) is 6.62. The van der Waals surface area contributed by atoms with E-state index in [1.165, 1.54) is 6.20 Å². The Morgan fingerprint density at radius 2 is 1.93 bits per heavy atom. The molecular weight excluding hydrogens is 381 g/mol. The molecule has 3 heterocycles. The maximum Gasteiger partial charge on any atom is 0.219 e. The number of benzene rings is 1. The summed E-state index contributed by atoms with van der Waals surface area (Å²) in [4.78, 5) is 19.9. The van der Waals surface area contributed by atoms with Gasteiger partial charge in [-0.3, -0.25) is 14.7 Å². The van der Waals surface area contributed by atoms with E-state index >= 15 is 0 Å². The van der Waals surface area contributed by atoms with Gasteiger partial charge in [0.1, 0.15) is 11.6 Å². The van der Waals surface area contributed by atoms with Crippen LogP contribution in [0.5, 0.6) is 5.75 Å². The van der Waals surface area contributed by atoms with Crippen molar-refractivity contribution in [1.29, 1.82) is 0 Å². The highest BCUT2D eigenvalue weighted by Gasteiger charge is 2.39. The topological polar surface area (TPSA) is 45.7 Å². The summed E-state index contributed by atoms with van der Waals surface area (Å²) < 4.78 is 20.2. The molecular formula is C24H30FN3O2. The molecule has 0 N–H and O–H groups in total. The Morgan fingerprint density at radius 3 is 2.63 bits per heavy atom. The lowest BCUT2D eigenvalue weighted by Crippen LogP contribution is -2.40. The predicted molar refractivity (Wildman–Crippen MR) is 113 cm³/mol. The smallest absolute Gasteiger partial charge is 0.219 e.